The summed E-state index contributed by atoms with van der Waals surface area (Å²) in [7, 11) is 1.56. The molecule has 28 heavy (non-hydrogen) atoms. The molecule has 0 saturated carbocycles. The Morgan fingerprint density at radius 1 is 1.25 bits per heavy atom. The van der Waals surface area contributed by atoms with Crippen molar-refractivity contribution in [1.82, 2.24) is 4.68 Å². The SMILES string of the molecule is C=CCN=c1scc(-c2ccc(Cl)cc2Cl)n1N=Cc1cc(OC)ccc1O. The van der Waals surface area contributed by atoms with E-state index in [0.717, 1.165) is 11.3 Å². The highest BCUT2D eigenvalue weighted by molar-refractivity contribution is 7.07. The van der Waals surface area contributed by atoms with E-state index >= 15 is 0 Å². The molecular formula is C20H17Cl2N3O2S. The standard InChI is InChI=1S/C20H17Cl2N3O2S/c1-3-8-23-20-25(24-11-13-9-15(27-2)5-7-19(13)26)18(12-28-20)16-6-4-14(21)10-17(16)22/h3-7,9-12,26H,1,8H2,2H3. The lowest BCUT2D eigenvalue weighted by atomic mass is 10.2. The van der Waals surface area contributed by atoms with Crippen LogP contribution in [0.4, 0.5) is 0 Å². The fraction of sp³-hybridized carbons (Fsp3) is 0.100. The molecule has 0 unspecified atom stereocenters. The molecule has 144 valence electrons. The molecule has 3 aromatic rings. The van der Waals surface area contributed by atoms with Gasteiger partial charge in [0.1, 0.15) is 11.5 Å². The van der Waals surface area contributed by atoms with E-state index in [-0.39, 0.29) is 5.75 Å². The number of thiazole rings is 1. The van der Waals surface area contributed by atoms with Crippen molar-refractivity contribution in [2.24, 2.45) is 10.1 Å². The van der Waals surface area contributed by atoms with Crippen molar-refractivity contribution in [3.05, 3.63) is 74.8 Å². The third-order valence-corrected chi connectivity index (χ3v) is 5.20. The van der Waals surface area contributed by atoms with Crippen LogP contribution in [0, 0.1) is 0 Å². The Labute approximate surface area is 176 Å². The Bertz CT molecular complexity index is 1100. The number of phenols is 1. The monoisotopic (exact) mass is 433 g/mol. The molecule has 8 heteroatoms. The van der Waals surface area contributed by atoms with Crippen LogP contribution in [0.3, 0.4) is 0 Å². The molecule has 0 fully saturated rings. The Hall–Kier alpha value is -2.54. The van der Waals surface area contributed by atoms with Crippen LogP contribution < -0.4 is 9.54 Å². The lowest BCUT2D eigenvalue weighted by Crippen LogP contribution is -2.12. The number of phenolic OH excluding ortho intramolecular Hbond substituents is 1. The van der Waals surface area contributed by atoms with Crippen LogP contribution in [0.2, 0.25) is 10.0 Å². The van der Waals surface area contributed by atoms with Gasteiger partial charge in [-0.25, -0.2) is 4.68 Å². The van der Waals surface area contributed by atoms with Crippen LogP contribution in [0.25, 0.3) is 11.3 Å². The van der Waals surface area contributed by atoms with Gasteiger partial charge in [0.2, 0.25) is 4.80 Å². The number of hydrogen-bond donors (Lipinski definition) is 1. The summed E-state index contributed by atoms with van der Waals surface area (Å²) in [6, 6.07) is 10.2. The van der Waals surface area contributed by atoms with Gasteiger partial charge in [0.05, 0.1) is 30.6 Å². The summed E-state index contributed by atoms with van der Waals surface area (Å²) in [6.07, 6.45) is 3.25. The van der Waals surface area contributed by atoms with Gasteiger partial charge < -0.3 is 9.84 Å². The van der Waals surface area contributed by atoms with E-state index in [4.69, 9.17) is 27.9 Å². The zero-order chi connectivity index (χ0) is 20.1. The minimum absolute atomic E-state index is 0.0936. The van der Waals surface area contributed by atoms with E-state index in [9.17, 15) is 5.11 Å². The fourth-order valence-corrected chi connectivity index (χ4v) is 3.77. The summed E-state index contributed by atoms with van der Waals surface area (Å²) in [5.41, 5.74) is 2.04. The third kappa shape index (κ3) is 4.47. The van der Waals surface area contributed by atoms with Crippen molar-refractivity contribution >= 4 is 40.8 Å². The highest BCUT2D eigenvalue weighted by atomic mass is 35.5. The Morgan fingerprint density at radius 3 is 2.79 bits per heavy atom. The number of benzene rings is 2. The van der Waals surface area contributed by atoms with E-state index in [1.54, 1.807) is 54.4 Å². The molecular weight excluding hydrogens is 417 g/mol. The van der Waals surface area contributed by atoms with E-state index < -0.39 is 0 Å². The number of ether oxygens (including phenoxy) is 1. The Balaban J connectivity index is 2.13. The number of hydrogen-bond acceptors (Lipinski definition) is 5. The van der Waals surface area contributed by atoms with E-state index in [1.807, 2.05) is 11.4 Å². The average molecular weight is 434 g/mol. The van der Waals surface area contributed by atoms with Gasteiger partial charge in [-0.05, 0) is 36.4 Å². The largest absolute Gasteiger partial charge is 0.507 e. The Morgan fingerprint density at radius 2 is 2.07 bits per heavy atom. The highest BCUT2D eigenvalue weighted by Crippen LogP contribution is 2.31. The first-order chi connectivity index (χ1) is 13.5. The van der Waals surface area contributed by atoms with Gasteiger partial charge in [-0.15, -0.1) is 17.9 Å². The van der Waals surface area contributed by atoms with Crippen LogP contribution in [0.5, 0.6) is 11.5 Å². The molecule has 3 rings (SSSR count). The van der Waals surface area contributed by atoms with Crippen molar-refractivity contribution in [2.45, 2.75) is 0 Å². The second kappa shape index (κ2) is 9.10. The van der Waals surface area contributed by atoms with E-state index in [2.05, 4.69) is 16.7 Å². The lowest BCUT2D eigenvalue weighted by molar-refractivity contribution is 0.412. The van der Waals surface area contributed by atoms with Gasteiger partial charge in [0.15, 0.2) is 0 Å². The number of halogens is 2. The molecule has 0 aliphatic rings. The predicted molar refractivity (Wildman–Crippen MR) is 116 cm³/mol. The second-order valence-corrected chi connectivity index (χ2v) is 7.32. The minimum atomic E-state index is 0.0936. The maximum atomic E-state index is 10.1. The summed E-state index contributed by atoms with van der Waals surface area (Å²) in [4.78, 5) is 5.15. The van der Waals surface area contributed by atoms with Gasteiger partial charge in [-0.3, -0.25) is 4.99 Å². The molecule has 1 heterocycles. The molecule has 0 atom stereocenters. The van der Waals surface area contributed by atoms with Crippen LogP contribution in [-0.2, 0) is 0 Å². The summed E-state index contributed by atoms with van der Waals surface area (Å²) in [6.45, 7) is 4.15. The predicted octanol–water partition coefficient (Wildman–Crippen LogP) is 5.21. The maximum absolute atomic E-state index is 10.1. The number of aromatic nitrogens is 1. The van der Waals surface area contributed by atoms with Crippen LogP contribution in [0.15, 0.2) is 64.5 Å². The lowest BCUT2D eigenvalue weighted by Gasteiger charge is -2.07. The van der Waals surface area contributed by atoms with Gasteiger partial charge in [-0.1, -0.05) is 29.3 Å². The zero-order valence-electron chi connectivity index (χ0n) is 15.0. The summed E-state index contributed by atoms with van der Waals surface area (Å²) < 4.78 is 6.88. The van der Waals surface area contributed by atoms with Crippen molar-refractivity contribution in [1.29, 1.82) is 0 Å². The van der Waals surface area contributed by atoms with Crippen molar-refractivity contribution in [3.63, 3.8) is 0 Å². The van der Waals surface area contributed by atoms with Gasteiger partial charge >= 0.3 is 0 Å². The fourth-order valence-electron chi connectivity index (χ4n) is 2.43. The first-order valence-corrected chi connectivity index (χ1v) is 9.85. The molecule has 0 aliphatic heterocycles. The quantitative estimate of drug-likeness (QED) is 0.428. The molecule has 1 aromatic heterocycles. The molecule has 1 N–H and O–H groups in total. The van der Waals surface area contributed by atoms with Crippen LogP contribution in [-0.4, -0.2) is 29.7 Å². The molecule has 0 bridgehead atoms. The first kappa shape index (κ1) is 20.2. The van der Waals surface area contributed by atoms with Crippen LogP contribution in [0.1, 0.15) is 5.56 Å². The van der Waals surface area contributed by atoms with Crippen molar-refractivity contribution in [3.8, 4) is 22.8 Å². The second-order valence-electron chi connectivity index (χ2n) is 5.64. The summed E-state index contributed by atoms with van der Waals surface area (Å²) >= 11 is 13.8. The van der Waals surface area contributed by atoms with Gasteiger partial charge in [0.25, 0.3) is 0 Å². The molecule has 0 aliphatic carbocycles. The van der Waals surface area contributed by atoms with Gasteiger partial charge in [-0.2, -0.15) is 5.10 Å². The van der Waals surface area contributed by atoms with E-state index in [1.165, 1.54) is 11.3 Å². The molecule has 0 saturated heterocycles. The molecule has 5 nitrogen and oxygen atoms in total. The van der Waals surface area contributed by atoms with Crippen molar-refractivity contribution in [2.75, 3.05) is 13.7 Å². The molecule has 2 aromatic carbocycles. The molecule has 0 amide bonds. The first-order valence-electron chi connectivity index (χ1n) is 8.22. The minimum Gasteiger partial charge on any atom is -0.507 e. The maximum Gasteiger partial charge on any atom is 0.206 e. The molecule has 0 radical (unpaired) electrons. The number of methoxy groups -OCH3 is 1. The molecule has 0 spiro atoms. The Kier molecular flexibility index (Phi) is 6.57. The topological polar surface area (TPSA) is 59.1 Å². The number of aromatic hydroxyl groups is 1. The normalized spacial score (nSPS) is 11.9. The van der Waals surface area contributed by atoms with E-state index in [0.29, 0.717) is 32.7 Å². The summed E-state index contributed by atoms with van der Waals surface area (Å²) in [5, 5.41) is 17.6. The van der Waals surface area contributed by atoms with Crippen molar-refractivity contribution < 1.29 is 9.84 Å². The third-order valence-electron chi connectivity index (χ3n) is 3.80. The summed E-state index contributed by atoms with van der Waals surface area (Å²) in [5.74, 6) is 0.711. The smallest absolute Gasteiger partial charge is 0.206 e. The average Bonchev–Trinajstić information content (AvgIpc) is 3.08. The zero-order valence-corrected chi connectivity index (χ0v) is 17.3. The van der Waals surface area contributed by atoms with Crippen LogP contribution >= 0.6 is 34.5 Å². The highest BCUT2D eigenvalue weighted by Gasteiger charge is 2.12. The number of nitrogens with zero attached hydrogens (tertiary/aromatic N) is 3. The van der Waals surface area contributed by atoms with Gasteiger partial charge in [0, 0.05) is 21.5 Å². The number of rotatable bonds is 6.